The van der Waals surface area contributed by atoms with E-state index in [1.54, 1.807) is 7.05 Å². The van der Waals surface area contributed by atoms with Crippen LogP contribution in [0.3, 0.4) is 0 Å². The normalized spacial score (nSPS) is 16.2. The molecule has 0 saturated heterocycles. The molecule has 162 valence electrons. The fourth-order valence-electron chi connectivity index (χ4n) is 3.78. The highest BCUT2D eigenvalue weighted by molar-refractivity contribution is 6.01. The average Bonchev–Trinajstić information content (AvgIpc) is 3.27. The Labute approximate surface area is 176 Å². The summed E-state index contributed by atoms with van der Waals surface area (Å²) in [4.78, 5) is 35.4. The predicted molar refractivity (Wildman–Crippen MR) is 106 cm³/mol. The summed E-state index contributed by atoms with van der Waals surface area (Å²) in [5, 5.41) is 6.71. The molecule has 0 fully saturated rings. The second-order valence-corrected chi connectivity index (χ2v) is 7.43. The zero-order valence-corrected chi connectivity index (χ0v) is 17.3. The van der Waals surface area contributed by atoms with Crippen molar-refractivity contribution in [2.75, 3.05) is 11.9 Å². The molecular formula is C20H21F2N7O2. The van der Waals surface area contributed by atoms with Gasteiger partial charge < -0.3 is 9.88 Å². The molecule has 2 amide bonds. The first kappa shape index (κ1) is 20.6. The number of carbonyl (C=O) groups is 2. The quantitative estimate of drug-likeness (QED) is 0.679. The van der Waals surface area contributed by atoms with Gasteiger partial charge in [0.15, 0.2) is 0 Å². The third-order valence-electron chi connectivity index (χ3n) is 5.27. The van der Waals surface area contributed by atoms with E-state index in [4.69, 9.17) is 0 Å². The molecule has 9 nitrogen and oxygen atoms in total. The molecule has 4 rings (SSSR count). The monoisotopic (exact) mass is 429 g/mol. The number of halogens is 2. The summed E-state index contributed by atoms with van der Waals surface area (Å²) in [5.41, 5.74) is 0.823. The second kappa shape index (κ2) is 7.89. The SMILES string of the molecule is Cc1nc(C)n2c1N(C)C(=O)[C@H](NC(=O)c1ncn(Cc3cc(F)ccc3F)n1)CC2. The Bertz CT molecular complexity index is 1170. The number of nitrogens with one attached hydrogen (secondary N) is 1. The minimum absolute atomic E-state index is 0.0821. The first-order valence-corrected chi connectivity index (χ1v) is 9.70. The van der Waals surface area contributed by atoms with Crippen molar-refractivity contribution in [2.24, 2.45) is 0 Å². The van der Waals surface area contributed by atoms with Crippen molar-refractivity contribution >= 4 is 17.6 Å². The van der Waals surface area contributed by atoms with Crippen LogP contribution in [0.4, 0.5) is 14.6 Å². The highest BCUT2D eigenvalue weighted by Gasteiger charge is 2.32. The smallest absolute Gasteiger partial charge is 0.291 e. The Balaban J connectivity index is 1.47. The average molecular weight is 429 g/mol. The summed E-state index contributed by atoms with van der Waals surface area (Å²) in [6.07, 6.45) is 1.64. The molecule has 3 aromatic rings. The Kier molecular flexibility index (Phi) is 5.25. The molecule has 3 heterocycles. The summed E-state index contributed by atoms with van der Waals surface area (Å²) >= 11 is 0. The lowest BCUT2D eigenvalue weighted by atomic mass is 10.2. The molecule has 1 aromatic carbocycles. The molecule has 2 aromatic heterocycles. The third kappa shape index (κ3) is 3.90. The summed E-state index contributed by atoms with van der Waals surface area (Å²) in [6.45, 7) is 4.13. The largest absolute Gasteiger partial charge is 0.337 e. The molecule has 0 saturated carbocycles. The van der Waals surface area contributed by atoms with E-state index in [-0.39, 0.29) is 23.8 Å². The van der Waals surface area contributed by atoms with Gasteiger partial charge in [0.1, 0.15) is 35.6 Å². The van der Waals surface area contributed by atoms with E-state index in [9.17, 15) is 18.4 Å². The number of nitrogens with zero attached hydrogens (tertiary/aromatic N) is 6. The van der Waals surface area contributed by atoms with Crippen molar-refractivity contribution in [3.63, 3.8) is 0 Å². The van der Waals surface area contributed by atoms with Crippen LogP contribution in [0.25, 0.3) is 0 Å². The Morgan fingerprint density at radius 3 is 2.84 bits per heavy atom. The highest BCUT2D eigenvalue weighted by atomic mass is 19.1. The van der Waals surface area contributed by atoms with Crippen LogP contribution in [0, 0.1) is 25.5 Å². The zero-order chi connectivity index (χ0) is 22.3. The molecule has 11 heteroatoms. The summed E-state index contributed by atoms with van der Waals surface area (Å²) in [6, 6.07) is 2.35. The molecular weight excluding hydrogens is 408 g/mol. The lowest BCUT2D eigenvalue weighted by molar-refractivity contribution is -0.120. The standard InChI is InChI=1S/C20H21F2N7O2/c1-11-19-27(3)20(31)16(6-7-29(19)12(2)24-11)25-18(30)17-23-10-28(26-17)9-13-8-14(21)4-5-15(13)22/h4-5,8,10,16H,6-7,9H2,1-3H3,(H,25,30)/t16-/m1/s1. The van der Waals surface area contributed by atoms with Crippen molar-refractivity contribution in [3.8, 4) is 0 Å². The maximum absolute atomic E-state index is 13.8. The van der Waals surface area contributed by atoms with Crippen LogP contribution >= 0.6 is 0 Å². The Hall–Kier alpha value is -3.63. The molecule has 1 atom stereocenters. The fraction of sp³-hybridized carbons (Fsp3) is 0.350. The number of hydrogen-bond acceptors (Lipinski definition) is 5. The first-order valence-electron chi connectivity index (χ1n) is 9.70. The van der Waals surface area contributed by atoms with Crippen LogP contribution < -0.4 is 10.2 Å². The van der Waals surface area contributed by atoms with Gasteiger partial charge in [0.05, 0.1) is 12.2 Å². The van der Waals surface area contributed by atoms with Gasteiger partial charge in [-0.1, -0.05) is 0 Å². The van der Waals surface area contributed by atoms with E-state index in [1.807, 2.05) is 18.4 Å². The summed E-state index contributed by atoms with van der Waals surface area (Å²) < 4.78 is 30.4. The van der Waals surface area contributed by atoms with Crippen LogP contribution in [-0.4, -0.2) is 49.2 Å². The molecule has 1 aliphatic heterocycles. The lowest BCUT2D eigenvalue weighted by Crippen LogP contribution is -2.47. The molecule has 0 bridgehead atoms. The number of hydrogen-bond donors (Lipinski definition) is 1. The molecule has 1 N–H and O–H groups in total. The molecule has 0 radical (unpaired) electrons. The van der Waals surface area contributed by atoms with Gasteiger partial charge >= 0.3 is 0 Å². The van der Waals surface area contributed by atoms with Gasteiger partial charge in [-0.15, -0.1) is 5.10 Å². The number of amides is 2. The van der Waals surface area contributed by atoms with Crippen molar-refractivity contribution in [3.05, 3.63) is 59.1 Å². The maximum Gasteiger partial charge on any atom is 0.291 e. The Morgan fingerprint density at radius 1 is 1.29 bits per heavy atom. The maximum atomic E-state index is 13.8. The lowest BCUT2D eigenvalue weighted by Gasteiger charge is -2.20. The van der Waals surface area contributed by atoms with E-state index in [0.29, 0.717) is 18.8 Å². The molecule has 0 aliphatic carbocycles. The second-order valence-electron chi connectivity index (χ2n) is 7.43. The summed E-state index contributed by atoms with van der Waals surface area (Å²) in [5.74, 6) is -0.705. The van der Waals surface area contributed by atoms with Gasteiger partial charge in [-0.25, -0.2) is 23.4 Å². The number of anilines is 1. The minimum Gasteiger partial charge on any atom is -0.337 e. The first-order chi connectivity index (χ1) is 14.7. The predicted octanol–water partition coefficient (Wildman–Crippen LogP) is 1.58. The van der Waals surface area contributed by atoms with Crippen molar-refractivity contribution < 1.29 is 18.4 Å². The number of carbonyl (C=O) groups excluding carboxylic acids is 2. The van der Waals surface area contributed by atoms with E-state index in [0.717, 1.165) is 29.7 Å². The van der Waals surface area contributed by atoms with E-state index >= 15 is 0 Å². The number of likely N-dealkylation sites (N-methyl/N-ethyl adjacent to an activating group) is 1. The molecule has 0 spiro atoms. The van der Waals surface area contributed by atoms with Crippen molar-refractivity contribution in [2.45, 2.75) is 39.4 Å². The number of fused-ring (bicyclic) bond motifs is 1. The van der Waals surface area contributed by atoms with Gasteiger partial charge in [0.25, 0.3) is 11.8 Å². The third-order valence-corrected chi connectivity index (χ3v) is 5.27. The fourth-order valence-corrected chi connectivity index (χ4v) is 3.78. The highest BCUT2D eigenvalue weighted by Crippen LogP contribution is 2.25. The van der Waals surface area contributed by atoms with E-state index < -0.39 is 23.6 Å². The molecule has 0 unspecified atom stereocenters. The van der Waals surface area contributed by atoms with Crippen LogP contribution in [0.15, 0.2) is 24.5 Å². The van der Waals surface area contributed by atoms with Gasteiger partial charge in [-0.3, -0.25) is 14.5 Å². The van der Waals surface area contributed by atoms with E-state index in [2.05, 4.69) is 20.4 Å². The van der Waals surface area contributed by atoms with Crippen LogP contribution in [0.2, 0.25) is 0 Å². The Morgan fingerprint density at radius 2 is 2.06 bits per heavy atom. The van der Waals surface area contributed by atoms with Gasteiger partial charge in [0, 0.05) is 19.2 Å². The van der Waals surface area contributed by atoms with E-state index in [1.165, 1.54) is 15.9 Å². The van der Waals surface area contributed by atoms with Crippen LogP contribution in [-0.2, 0) is 17.9 Å². The number of rotatable bonds is 4. The number of aromatic nitrogens is 5. The molecule has 31 heavy (non-hydrogen) atoms. The summed E-state index contributed by atoms with van der Waals surface area (Å²) in [7, 11) is 1.65. The number of imidazole rings is 1. The van der Waals surface area contributed by atoms with Crippen LogP contribution in [0.5, 0.6) is 0 Å². The van der Waals surface area contributed by atoms with Gasteiger partial charge in [0.2, 0.25) is 5.82 Å². The van der Waals surface area contributed by atoms with Gasteiger partial charge in [-0.2, -0.15) is 0 Å². The minimum atomic E-state index is -0.760. The zero-order valence-electron chi connectivity index (χ0n) is 17.3. The number of benzene rings is 1. The van der Waals surface area contributed by atoms with Gasteiger partial charge in [-0.05, 0) is 38.5 Å². The van der Waals surface area contributed by atoms with Crippen molar-refractivity contribution in [1.29, 1.82) is 0 Å². The van der Waals surface area contributed by atoms with Crippen LogP contribution in [0.1, 0.15) is 34.1 Å². The van der Waals surface area contributed by atoms with Crippen molar-refractivity contribution in [1.82, 2.24) is 29.6 Å². The topological polar surface area (TPSA) is 97.9 Å². The number of aryl methyl sites for hydroxylation is 2. The molecule has 1 aliphatic rings.